The minimum absolute atomic E-state index is 0.351. The quantitative estimate of drug-likeness (QED) is 0.669. The van der Waals surface area contributed by atoms with Gasteiger partial charge in [0.05, 0.1) is 6.20 Å². The highest BCUT2D eigenvalue weighted by atomic mass is 28.4. The van der Waals surface area contributed by atoms with Crippen LogP contribution in [-0.2, 0) is 0 Å². The summed E-state index contributed by atoms with van der Waals surface area (Å²) in [6, 6.07) is 3.61. The second-order valence-corrected chi connectivity index (χ2v) is 8.01. The first-order valence-corrected chi connectivity index (χ1v) is 7.34. The van der Waals surface area contributed by atoms with Gasteiger partial charge in [0, 0.05) is 0 Å². The summed E-state index contributed by atoms with van der Waals surface area (Å²) in [6.07, 6.45) is 1.48. The van der Waals surface area contributed by atoms with E-state index < -0.39 is 8.32 Å². The molecule has 1 aromatic rings. The van der Waals surface area contributed by atoms with Gasteiger partial charge < -0.3 is 4.43 Å². The first-order chi connectivity index (χ1) is 6.03. The van der Waals surface area contributed by atoms with E-state index in [1.807, 2.05) is 25.7 Å². The van der Waals surface area contributed by atoms with E-state index in [2.05, 4.69) is 10.2 Å². The summed E-state index contributed by atoms with van der Waals surface area (Å²) in [5, 5.41) is 16.2. The average Bonchev–Trinajstić information content (AvgIpc) is 2.02. The van der Waals surface area contributed by atoms with E-state index in [0.29, 0.717) is 11.4 Å². The lowest BCUT2D eigenvalue weighted by atomic mass is 10.3. The van der Waals surface area contributed by atoms with Gasteiger partial charge >= 0.3 is 0 Å². The molecule has 4 nitrogen and oxygen atoms in total. The number of rotatable bonds is 2. The minimum atomic E-state index is -1.70. The number of nitrogens with zero attached hydrogens (tertiary/aromatic N) is 3. The third-order valence-electron chi connectivity index (χ3n) is 1.21. The van der Waals surface area contributed by atoms with Gasteiger partial charge in [-0.25, -0.2) is 0 Å². The second-order valence-electron chi connectivity index (χ2n) is 3.58. The summed E-state index contributed by atoms with van der Waals surface area (Å²) in [5.74, 6) is 0.351. The van der Waals surface area contributed by atoms with Crippen molar-refractivity contribution in [3.05, 3.63) is 17.8 Å². The van der Waals surface area contributed by atoms with Crippen molar-refractivity contribution in [1.29, 1.82) is 5.26 Å². The van der Waals surface area contributed by atoms with Gasteiger partial charge in [-0.05, 0) is 25.7 Å². The van der Waals surface area contributed by atoms with E-state index in [1.54, 1.807) is 6.07 Å². The average molecular weight is 193 g/mol. The lowest BCUT2D eigenvalue weighted by Crippen LogP contribution is -2.30. The molecular weight excluding hydrogens is 182 g/mol. The Morgan fingerprint density at radius 2 is 2.15 bits per heavy atom. The zero-order chi connectivity index (χ0) is 9.90. The molecule has 0 aliphatic rings. The molecule has 0 bridgehead atoms. The highest BCUT2D eigenvalue weighted by Crippen LogP contribution is 2.16. The van der Waals surface area contributed by atoms with E-state index in [-0.39, 0.29) is 0 Å². The molecule has 0 aliphatic carbocycles. The maximum absolute atomic E-state index is 8.73. The van der Waals surface area contributed by atoms with Crippen LogP contribution in [0.3, 0.4) is 0 Å². The first kappa shape index (κ1) is 9.67. The van der Waals surface area contributed by atoms with Gasteiger partial charge in [0.15, 0.2) is 0 Å². The van der Waals surface area contributed by atoms with Crippen molar-refractivity contribution < 1.29 is 4.43 Å². The Bertz CT molecular complexity index is 340. The van der Waals surface area contributed by atoms with E-state index >= 15 is 0 Å². The fourth-order valence-corrected chi connectivity index (χ4v) is 1.50. The molecule has 0 atom stereocenters. The van der Waals surface area contributed by atoms with Gasteiger partial charge in [0.2, 0.25) is 14.2 Å². The Labute approximate surface area is 78.3 Å². The van der Waals surface area contributed by atoms with Crippen LogP contribution in [0.1, 0.15) is 5.56 Å². The normalized spacial score (nSPS) is 10.6. The third-order valence-corrected chi connectivity index (χ3v) is 2.02. The molecule has 0 N–H and O–H groups in total. The van der Waals surface area contributed by atoms with Crippen LogP contribution in [0.2, 0.25) is 19.6 Å². The van der Waals surface area contributed by atoms with Crippen molar-refractivity contribution >= 4 is 8.32 Å². The van der Waals surface area contributed by atoms with Gasteiger partial charge in [-0.15, -0.1) is 5.10 Å². The van der Waals surface area contributed by atoms with E-state index in [4.69, 9.17) is 9.69 Å². The highest BCUT2D eigenvalue weighted by molar-refractivity contribution is 6.70. The van der Waals surface area contributed by atoms with Crippen LogP contribution in [0, 0.1) is 11.3 Å². The monoisotopic (exact) mass is 193 g/mol. The summed E-state index contributed by atoms with van der Waals surface area (Å²) in [6.45, 7) is 6.09. The van der Waals surface area contributed by atoms with Gasteiger partial charge in [-0.1, -0.05) is 0 Å². The Morgan fingerprint density at radius 3 is 2.69 bits per heavy atom. The lowest BCUT2D eigenvalue weighted by Gasteiger charge is -2.17. The third kappa shape index (κ3) is 2.84. The zero-order valence-corrected chi connectivity index (χ0v) is 8.90. The molecule has 0 aromatic carbocycles. The molecule has 0 saturated carbocycles. The SMILES string of the molecule is C[Si](C)(C)Oc1nnccc1C#N. The first-order valence-electron chi connectivity index (χ1n) is 3.94. The summed E-state index contributed by atoms with van der Waals surface area (Å²) < 4.78 is 5.57. The Hall–Kier alpha value is -1.41. The van der Waals surface area contributed by atoms with Crippen molar-refractivity contribution in [2.45, 2.75) is 19.6 Å². The molecule has 0 saturated heterocycles. The van der Waals surface area contributed by atoms with Crippen molar-refractivity contribution in [2.75, 3.05) is 0 Å². The van der Waals surface area contributed by atoms with Gasteiger partial charge in [0.25, 0.3) is 0 Å². The fourth-order valence-electron chi connectivity index (χ4n) is 0.769. The summed E-state index contributed by atoms with van der Waals surface area (Å²) in [4.78, 5) is 0. The summed E-state index contributed by atoms with van der Waals surface area (Å²) >= 11 is 0. The van der Waals surface area contributed by atoms with Gasteiger partial charge in [0.1, 0.15) is 11.6 Å². The van der Waals surface area contributed by atoms with Crippen molar-refractivity contribution in [1.82, 2.24) is 10.2 Å². The Kier molecular flexibility index (Phi) is 2.63. The van der Waals surface area contributed by atoms with Crippen LogP contribution in [-0.4, -0.2) is 18.5 Å². The summed E-state index contributed by atoms with van der Waals surface area (Å²) in [5.41, 5.74) is 0.442. The molecule has 0 unspecified atom stereocenters. The van der Waals surface area contributed by atoms with Crippen LogP contribution < -0.4 is 4.43 Å². The molecule has 0 aliphatic heterocycles. The Morgan fingerprint density at radius 1 is 1.46 bits per heavy atom. The number of nitriles is 1. The lowest BCUT2D eigenvalue weighted by molar-refractivity contribution is 0.521. The van der Waals surface area contributed by atoms with Gasteiger partial charge in [-0.2, -0.15) is 10.4 Å². The molecule has 5 heteroatoms. The van der Waals surface area contributed by atoms with Crippen molar-refractivity contribution in [3.8, 4) is 11.9 Å². The van der Waals surface area contributed by atoms with E-state index in [0.717, 1.165) is 0 Å². The Balaban J connectivity index is 2.96. The molecule has 1 aromatic heterocycles. The standard InChI is InChI=1S/C8H11N3OSi/c1-13(2,3)12-8-7(6-9)4-5-10-11-8/h4-5H,1-3H3. The van der Waals surface area contributed by atoms with Crippen LogP contribution in [0.25, 0.3) is 0 Å². The molecule has 0 fully saturated rings. The molecule has 1 rings (SSSR count). The fraction of sp³-hybridized carbons (Fsp3) is 0.375. The largest absolute Gasteiger partial charge is 0.529 e. The molecule has 13 heavy (non-hydrogen) atoms. The van der Waals surface area contributed by atoms with E-state index in [9.17, 15) is 0 Å². The van der Waals surface area contributed by atoms with Gasteiger partial charge in [-0.3, -0.25) is 0 Å². The van der Waals surface area contributed by atoms with Crippen LogP contribution >= 0.6 is 0 Å². The topological polar surface area (TPSA) is 58.8 Å². The van der Waals surface area contributed by atoms with Crippen LogP contribution in [0.15, 0.2) is 12.3 Å². The number of hydrogen-bond acceptors (Lipinski definition) is 4. The molecule has 68 valence electrons. The second kappa shape index (κ2) is 3.54. The van der Waals surface area contributed by atoms with Crippen LogP contribution in [0.5, 0.6) is 5.88 Å². The summed E-state index contributed by atoms with van der Waals surface area (Å²) in [7, 11) is -1.70. The van der Waals surface area contributed by atoms with Crippen LogP contribution in [0.4, 0.5) is 0 Å². The molecule has 0 radical (unpaired) electrons. The number of aromatic nitrogens is 2. The maximum Gasteiger partial charge on any atom is 0.244 e. The predicted molar refractivity (Wildman–Crippen MR) is 50.7 cm³/mol. The number of hydrogen-bond donors (Lipinski definition) is 0. The predicted octanol–water partition coefficient (Wildman–Crippen LogP) is 1.56. The maximum atomic E-state index is 8.73. The molecule has 1 heterocycles. The van der Waals surface area contributed by atoms with E-state index in [1.165, 1.54) is 6.20 Å². The zero-order valence-electron chi connectivity index (χ0n) is 7.90. The smallest absolute Gasteiger partial charge is 0.244 e. The van der Waals surface area contributed by atoms with Crippen molar-refractivity contribution in [3.63, 3.8) is 0 Å². The molecule has 0 spiro atoms. The molecular formula is C8H11N3OSi. The minimum Gasteiger partial charge on any atom is -0.529 e. The molecule has 0 amide bonds. The highest BCUT2D eigenvalue weighted by Gasteiger charge is 2.19. The van der Waals surface area contributed by atoms with Crippen molar-refractivity contribution in [2.24, 2.45) is 0 Å².